The van der Waals surface area contributed by atoms with Gasteiger partial charge in [0.25, 0.3) is 0 Å². The Morgan fingerprint density at radius 2 is 2.12 bits per heavy atom. The maximum Gasteiger partial charge on any atom is 0.217 e. The topological polar surface area (TPSA) is 46.9 Å². The third-order valence-corrected chi connectivity index (χ3v) is 2.37. The first-order valence-corrected chi connectivity index (χ1v) is 5.17. The van der Waals surface area contributed by atoms with Crippen molar-refractivity contribution in [3.8, 4) is 0 Å². The Balaban J connectivity index is 1.97. The van der Waals surface area contributed by atoms with Gasteiger partial charge in [0.2, 0.25) is 5.78 Å². The van der Waals surface area contributed by atoms with Crippen molar-refractivity contribution in [1.82, 2.24) is 9.55 Å². The average molecular weight is 233 g/mol. The second-order valence-electron chi connectivity index (χ2n) is 3.65. The fraction of sp³-hybridized carbons (Fsp3) is 0.167. The minimum absolute atomic E-state index is 0.109. The lowest BCUT2D eigenvalue weighted by Crippen LogP contribution is -2.17. The molecule has 1 N–H and O–H groups in total. The molecule has 0 aliphatic heterocycles. The molecule has 1 heterocycles. The third kappa shape index (κ3) is 2.69. The van der Waals surface area contributed by atoms with E-state index in [0.717, 1.165) is 0 Å². The van der Waals surface area contributed by atoms with Gasteiger partial charge in [0.1, 0.15) is 5.82 Å². The number of nitrogens with one attached hydrogen (secondary N) is 1. The molecule has 0 bridgehead atoms. The van der Waals surface area contributed by atoms with E-state index in [9.17, 15) is 9.18 Å². The van der Waals surface area contributed by atoms with Gasteiger partial charge in [-0.25, -0.2) is 9.37 Å². The van der Waals surface area contributed by atoms with Crippen LogP contribution in [-0.2, 0) is 7.05 Å². The Kier molecular flexibility index (Phi) is 3.18. The van der Waals surface area contributed by atoms with Crippen molar-refractivity contribution >= 4 is 11.5 Å². The normalized spacial score (nSPS) is 10.2. The Labute approximate surface area is 98.1 Å². The number of aryl methyl sites for hydroxylation is 1. The van der Waals surface area contributed by atoms with E-state index in [1.807, 2.05) is 0 Å². The molecule has 0 unspecified atom stereocenters. The molecular formula is C12H12FN3O. The monoisotopic (exact) mass is 233 g/mol. The van der Waals surface area contributed by atoms with Gasteiger partial charge in [0.15, 0.2) is 5.82 Å². The zero-order valence-electron chi connectivity index (χ0n) is 9.35. The minimum atomic E-state index is -0.300. The number of nitrogens with zero attached hydrogens (tertiary/aromatic N) is 2. The van der Waals surface area contributed by atoms with Gasteiger partial charge in [-0.2, -0.15) is 0 Å². The number of imidazole rings is 1. The first-order chi connectivity index (χ1) is 8.16. The molecule has 0 amide bonds. The maximum atomic E-state index is 12.7. The van der Waals surface area contributed by atoms with Crippen LogP contribution >= 0.6 is 0 Å². The summed E-state index contributed by atoms with van der Waals surface area (Å²) in [6, 6.07) is 5.85. The molecule has 2 aromatic rings. The molecule has 0 aliphatic carbocycles. The number of halogens is 1. The number of benzene rings is 1. The fourth-order valence-corrected chi connectivity index (χ4v) is 1.46. The van der Waals surface area contributed by atoms with Gasteiger partial charge in [-0.05, 0) is 24.3 Å². The summed E-state index contributed by atoms with van der Waals surface area (Å²) >= 11 is 0. The molecule has 88 valence electrons. The Hall–Kier alpha value is -2.17. The number of aromatic nitrogens is 2. The van der Waals surface area contributed by atoms with Crippen molar-refractivity contribution < 1.29 is 9.18 Å². The second-order valence-corrected chi connectivity index (χ2v) is 3.65. The van der Waals surface area contributed by atoms with E-state index in [0.29, 0.717) is 11.5 Å². The molecule has 2 rings (SSSR count). The summed E-state index contributed by atoms with van der Waals surface area (Å²) < 4.78 is 14.3. The second kappa shape index (κ2) is 4.78. The van der Waals surface area contributed by atoms with Gasteiger partial charge >= 0.3 is 0 Å². The summed E-state index contributed by atoms with van der Waals surface area (Å²) in [5.74, 6) is -0.00702. The molecule has 5 heteroatoms. The zero-order valence-corrected chi connectivity index (χ0v) is 9.35. The lowest BCUT2D eigenvalue weighted by atomic mass is 10.3. The first-order valence-electron chi connectivity index (χ1n) is 5.17. The van der Waals surface area contributed by atoms with Crippen molar-refractivity contribution in [1.29, 1.82) is 0 Å². The lowest BCUT2D eigenvalue weighted by molar-refractivity contribution is 0.0993. The number of carbonyl (C=O) groups excluding carboxylic acids is 1. The summed E-state index contributed by atoms with van der Waals surface area (Å²) in [5.41, 5.74) is 0.703. The summed E-state index contributed by atoms with van der Waals surface area (Å²) in [4.78, 5) is 15.7. The number of rotatable bonds is 4. The quantitative estimate of drug-likeness (QED) is 0.820. The molecule has 4 nitrogen and oxygen atoms in total. The van der Waals surface area contributed by atoms with Crippen molar-refractivity contribution in [3.05, 3.63) is 48.3 Å². The molecule has 0 aliphatic rings. The van der Waals surface area contributed by atoms with Crippen LogP contribution in [0.15, 0.2) is 36.7 Å². The third-order valence-electron chi connectivity index (χ3n) is 2.37. The van der Waals surface area contributed by atoms with Crippen LogP contribution in [0.2, 0.25) is 0 Å². The number of anilines is 1. The molecule has 1 aromatic carbocycles. The summed E-state index contributed by atoms with van der Waals surface area (Å²) in [6.45, 7) is 0.135. The smallest absolute Gasteiger partial charge is 0.217 e. The van der Waals surface area contributed by atoms with Gasteiger partial charge in [-0.3, -0.25) is 4.79 Å². The Bertz CT molecular complexity index is 519. The van der Waals surface area contributed by atoms with E-state index in [4.69, 9.17) is 0 Å². The molecule has 0 radical (unpaired) electrons. The minimum Gasteiger partial charge on any atom is -0.377 e. The van der Waals surface area contributed by atoms with Crippen molar-refractivity contribution in [2.75, 3.05) is 11.9 Å². The van der Waals surface area contributed by atoms with E-state index >= 15 is 0 Å². The van der Waals surface area contributed by atoms with E-state index < -0.39 is 0 Å². The van der Waals surface area contributed by atoms with Crippen LogP contribution in [0, 0.1) is 5.82 Å². The molecule has 0 fully saturated rings. The predicted molar refractivity (Wildman–Crippen MR) is 62.4 cm³/mol. The van der Waals surface area contributed by atoms with E-state index in [-0.39, 0.29) is 18.1 Å². The van der Waals surface area contributed by atoms with Gasteiger partial charge < -0.3 is 9.88 Å². The number of ketones is 1. The molecule has 1 aromatic heterocycles. The molecular weight excluding hydrogens is 221 g/mol. The number of Topliss-reactive ketones (excluding diaryl/α,β-unsaturated/α-hetero) is 1. The van der Waals surface area contributed by atoms with Gasteiger partial charge in [0.05, 0.1) is 6.54 Å². The Morgan fingerprint density at radius 1 is 1.41 bits per heavy atom. The fourth-order valence-electron chi connectivity index (χ4n) is 1.46. The molecule has 0 saturated carbocycles. The first kappa shape index (κ1) is 11.3. The summed E-state index contributed by atoms with van der Waals surface area (Å²) in [7, 11) is 1.76. The van der Waals surface area contributed by atoms with Crippen LogP contribution in [0.5, 0.6) is 0 Å². The van der Waals surface area contributed by atoms with Gasteiger partial charge in [-0.1, -0.05) is 0 Å². The molecule has 0 atom stereocenters. The van der Waals surface area contributed by atoms with Crippen LogP contribution in [0.3, 0.4) is 0 Å². The summed E-state index contributed by atoms with van der Waals surface area (Å²) in [5, 5.41) is 2.92. The zero-order chi connectivity index (χ0) is 12.3. The molecule has 17 heavy (non-hydrogen) atoms. The SMILES string of the molecule is Cn1ccnc1C(=O)CNc1ccc(F)cc1. The maximum absolute atomic E-state index is 12.7. The van der Waals surface area contributed by atoms with E-state index in [1.165, 1.54) is 12.1 Å². The summed E-state index contributed by atoms with van der Waals surface area (Å²) in [6.07, 6.45) is 3.29. The molecule has 0 spiro atoms. The standard InChI is InChI=1S/C12H12FN3O/c1-16-7-6-14-12(16)11(17)8-15-10-4-2-9(13)3-5-10/h2-7,15H,8H2,1H3. The van der Waals surface area contributed by atoms with Crippen LogP contribution in [0.4, 0.5) is 10.1 Å². The van der Waals surface area contributed by atoms with E-state index in [2.05, 4.69) is 10.3 Å². The largest absolute Gasteiger partial charge is 0.377 e. The van der Waals surface area contributed by atoms with E-state index in [1.54, 1.807) is 36.1 Å². The van der Waals surface area contributed by atoms with Gasteiger partial charge in [0, 0.05) is 25.1 Å². The molecule has 0 saturated heterocycles. The van der Waals surface area contributed by atoms with Crippen molar-refractivity contribution in [3.63, 3.8) is 0 Å². The highest BCUT2D eigenvalue weighted by atomic mass is 19.1. The average Bonchev–Trinajstić information content (AvgIpc) is 2.74. The van der Waals surface area contributed by atoms with Gasteiger partial charge in [-0.15, -0.1) is 0 Å². The number of hydrogen-bond donors (Lipinski definition) is 1. The van der Waals surface area contributed by atoms with Crippen LogP contribution < -0.4 is 5.32 Å². The lowest BCUT2D eigenvalue weighted by Gasteiger charge is -2.05. The highest BCUT2D eigenvalue weighted by Gasteiger charge is 2.10. The number of carbonyl (C=O) groups is 1. The van der Waals surface area contributed by atoms with Crippen LogP contribution in [-0.4, -0.2) is 21.9 Å². The van der Waals surface area contributed by atoms with Crippen molar-refractivity contribution in [2.45, 2.75) is 0 Å². The highest BCUT2D eigenvalue weighted by molar-refractivity contribution is 5.95. The highest BCUT2D eigenvalue weighted by Crippen LogP contribution is 2.08. The van der Waals surface area contributed by atoms with Crippen LogP contribution in [0.1, 0.15) is 10.6 Å². The Morgan fingerprint density at radius 3 is 2.71 bits per heavy atom. The number of hydrogen-bond acceptors (Lipinski definition) is 3. The van der Waals surface area contributed by atoms with Crippen LogP contribution in [0.25, 0.3) is 0 Å². The predicted octanol–water partition coefficient (Wildman–Crippen LogP) is 1.85. The van der Waals surface area contributed by atoms with Crippen molar-refractivity contribution in [2.24, 2.45) is 7.05 Å².